The summed E-state index contributed by atoms with van der Waals surface area (Å²) in [6, 6.07) is 8.72. The van der Waals surface area contributed by atoms with Gasteiger partial charge in [-0.1, -0.05) is 12.1 Å². The highest BCUT2D eigenvalue weighted by Gasteiger charge is 2.36. The summed E-state index contributed by atoms with van der Waals surface area (Å²) >= 11 is 1.97. The third-order valence-electron chi connectivity index (χ3n) is 4.01. The zero-order valence-electron chi connectivity index (χ0n) is 15.5. The Hall–Kier alpha value is -3.28. The number of halogens is 2. The Bertz CT molecular complexity index is 1080. The van der Waals surface area contributed by atoms with Gasteiger partial charge in [-0.25, -0.2) is 18.9 Å². The van der Waals surface area contributed by atoms with Crippen molar-refractivity contribution in [3.8, 4) is 5.75 Å². The first-order valence-corrected chi connectivity index (χ1v) is 9.54. The maximum Gasteiger partial charge on any atom is 0.343 e. The molecule has 0 saturated carbocycles. The number of esters is 1. The summed E-state index contributed by atoms with van der Waals surface area (Å²) in [5.41, 5.74) is 0.187. The predicted molar refractivity (Wildman–Crippen MR) is 112 cm³/mol. The van der Waals surface area contributed by atoms with Crippen molar-refractivity contribution >= 4 is 58.2 Å². The minimum Gasteiger partial charge on any atom is -0.481 e. The predicted octanol–water partition coefficient (Wildman–Crippen LogP) is 2.65. The van der Waals surface area contributed by atoms with Crippen molar-refractivity contribution in [3.63, 3.8) is 0 Å². The second-order valence-electron chi connectivity index (χ2n) is 5.99. The highest BCUT2D eigenvalue weighted by molar-refractivity contribution is 14.1. The number of carbonyl (C=O) groups is 4. The molecule has 1 saturated heterocycles. The molecule has 0 spiro atoms. The molecule has 3 rings (SSSR count). The lowest BCUT2D eigenvalue weighted by atomic mass is 10.1. The monoisotopic (exact) mass is 524 g/mol. The number of methoxy groups -OCH3 is 1. The molecule has 1 heterocycles. The first-order valence-electron chi connectivity index (χ1n) is 8.46. The van der Waals surface area contributed by atoms with E-state index in [1.54, 1.807) is 18.2 Å². The Labute approximate surface area is 183 Å². The van der Waals surface area contributed by atoms with Crippen LogP contribution in [0, 0.1) is 9.39 Å². The van der Waals surface area contributed by atoms with Crippen LogP contribution >= 0.6 is 22.6 Å². The number of amides is 4. The highest BCUT2D eigenvalue weighted by atomic mass is 127. The molecule has 154 valence electrons. The number of nitrogens with zero attached hydrogens (tertiary/aromatic N) is 1. The molecule has 10 heteroatoms. The topological polar surface area (TPSA) is 102 Å². The molecule has 0 radical (unpaired) electrons. The maximum absolute atomic E-state index is 13.5. The lowest BCUT2D eigenvalue weighted by molar-refractivity contribution is -0.143. The fraction of sp³-hybridized carbons (Fsp3) is 0.100. The summed E-state index contributed by atoms with van der Waals surface area (Å²) < 4.78 is 24.0. The van der Waals surface area contributed by atoms with Crippen LogP contribution in [0.25, 0.3) is 6.08 Å². The first-order chi connectivity index (χ1) is 14.3. The third-order valence-corrected chi connectivity index (χ3v) is 4.85. The number of imide groups is 2. The van der Waals surface area contributed by atoms with Crippen LogP contribution in [-0.4, -0.2) is 37.5 Å². The van der Waals surface area contributed by atoms with Gasteiger partial charge in [-0.05, 0) is 64.6 Å². The molecule has 0 aliphatic carbocycles. The third kappa shape index (κ3) is 4.64. The Kier molecular flexibility index (Phi) is 6.45. The Morgan fingerprint density at radius 3 is 2.63 bits per heavy atom. The Morgan fingerprint density at radius 2 is 1.97 bits per heavy atom. The van der Waals surface area contributed by atoms with Gasteiger partial charge < -0.3 is 9.47 Å². The molecule has 0 aromatic heterocycles. The molecule has 8 nitrogen and oxygen atoms in total. The number of hydrogen-bond acceptors (Lipinski definition) is 6. The van der Waals surface area contributed by atoms with Crippen molar-refractivity contribution in [3.05, 3.63) is 63.0 Å². The average Bonchev–Trinajstić information content (AvgIpc) is 2.70. The number of barbiturate groups is 1. The summed E-state index contributed by atoms with van der Waals surface area (Å²) in [6.07, 6.45) is 1.31. The van der Waals surface area contributed by atoms with Crippen LogP contribution in [0.3, 0.4) is 0 Å². The Balaban J connectivity index is 1.89. The molecule has 0 atom stereocenters. The van der Waals surface area contributed by atoms with Crippen LogP contribution in [-0.2, 0) is 19.1 Å². The second kappa shape index (κ2) is 9.03. The van der Waals surface area contributed by atoms with Crippen molar-refractivity contribution in [1.29, 1.82) is 0 Å². The van der Waals surface area contributed by atoms with Crippen LogP contribution < -0.4 is 15.0 Å². The first kappa shape index (κ1) is 21.4. The van der Waals surface area contributed by atoms with Crippen LogP contribution in [0.15, 0.2) is 48.0 Å². The summed E-state index contributed by atoms with van der Waals surface area (Å²) in [5, 5.41) is 2.07. The SMILES string of the molecule is COC(=O)COc1ccc(/C=C2\C(=O)NC(=O)N(c3cccc(F)c3)C2=O)cc1I. The van der Waals surface area contributed by atoms with Gasteiger partial charge in [-0.15, -0.1) is 0 Å². The lowest BCUT2D eigenvalue weighted by Gasteiger charge is -2.26. The van der Waals surface area contributed by atoms with Gasteiger partial charge in [-0.3, -0.25) is 14.9 Å². The van der Waals surface area contributed by atoms with Crippen LogP contribution in [0.2, 0.25) is 0 Å². The van der Waals surface area contributed by atoms with E-state index in [4.69, 9.17) is 4.74 Å². The molecule has 4 amide bonds. The van der Waals surface area contributed by atoms with Gasteiger partial charge >= 0.3 is 12.0 Å². The zero-order valence-corrected chi connectivity index (χ0v) is 17.6. The highest BCUT2D eigenvalue weighted by Crippen LogP contribution is 2.26. The van der Waals surface area contributed by atoms with E-state index in [9.17, 15) is 23.6 Å². The summed E-state index contributed by atoms with van der Waals surface area (Å²) in [7, 11) is 1.25. The van der Waals surface area contributed by atoms with E-state index in [0.29, 0.717) is 19.8 Å². The summed E-state index contributed by atoms with van der Waals surface area (Å²) in [4.78, 5) is 49.1. The number of anilines is 1. The molecular weight excluding hydrogens is 510 g/mol. The zero-order chi connectivity index (χ0) is 21.8. The van der Waals surface area contributed by atoms with Gasteiger partial charge in [0.05, 0.1) is 16.4 Å². The number of ether oxygens (including phenoxy) is 2. The van der Waals surface area contributed by atoms with E-state index in [1.165, 1.54) is 31.4 Å². The maximum atomic E-state index is 13.5. The molecule has 1 aliphatic heterocycles. The molecular formula is C20H14FIN2O6. The fourth-order valence-corrected chi connectivity index (χ4v) is 3.29. The van der Waals surface area contributed by atoms with Gasteiger partial charge in [0.15, 0.2) is 6.61 Å². The minimum atomic E-state index is -0.964. The van der Waals surface area contributed by atoms with Gasteiger partial charge in [0, 0.05) is 0 Å². The van der Waals surface area contributed by atoms with Crippen molar-refractivity contribution in [2.75, 3.05) is 18.6 Å². The summed E-state index contributed by atoms with van der Waals surface area (Å²) in [5.74, 6) is -2.50. The molecule has 2 aromatic rings. The van der Waals surface area contributed by atoms with Crippen molar-refractivity contribution in [2.45, 2.75) is 0 Å². The number of nitrogens with one attached hydrogen (secondary N) is 1. The van der Waals surface area contributed by atoms with E-state index >= 15 is 0 Å². The summed E-state index contributed by atoms with van der Waals surface area (Å²) in [6.45, 7) is -0.265. The van der Waals surface area contributed by atoms with Crippen molar-refractivity contribution < 1.29 is 33.0 Å². The number of carbonyl (C=O) groups excluding carboxylic acids is 4. The molecule has 1 aliphatic rings. The standard InChI is InChI=1S/C20H14FIN2O6/c1-29-17(25)10-30-16-6-5-11(8-15(16)22)7-14-18(26)23-20(28)24(19(14)27)13-4-2-3-12(21)9-13/h2-9H,10H2,1H3,(H,23,26,28)/b14-7+. The molecule has 2 aromatic carbocycles. The van der Waals surface area contributed by atoms with E-state index in [2.05, 4.69) is 10.1 Å². The molecule has 1 N–H and O–H groups in total. The van der Waals surface area contributed by atoms with Gasteiger partial charge in [0.1, 0.15) is 17.1 Å². The van der Waals surface area contributed by atoms with Crippen molar-refractivity contribution in [1.82, 2.24) is 5.32 Å². The molecule has 0 unspecified atom stereocenters. The normalized spacial score (nSPS) is 15.2. The lowest BCUT2D eigenvalue weighted by Crippen LogP contribution is -2.54. The molecule has 30 heavy (non-hydrogen) atoms. The van der Waals surface area contributed by atoms with E-state index in [1.807, 2.05) is 22.6 Å². The fourth-order valence-electron chi connectivity index (χ4n) is 2.59. The second-order valence-corrected chi connectivity index (χ2v) is 7.15. The Morgan fingerprint density at radius 1 is 1.20 bits per heavy atom. The number of rotatable bonds is 5. The largest absolute Gasteiger partial charge is 0.481 e. The number of urea groups is 1. The van der Waals surface area contributed by atoms with Gasteiger partial charge in [0.25, 0.3) is 11.8 Å². The average molecular weight is 524 g/mol. The van der Waals surface area contributed by atoms with E-state index in [-0.39, 0.29) is 17.9 Å². The van der Waals surface area contributed by atoms with E-state index < -0.39 is 29.6 Å². The van der Waals surface area contributed by atoms with Crippen LogP contribution in [0.1, 0.15) is 5.56 Å². The van der Waals surface area contributed by atoms with Gasteiger partial charge in [-0.2, -0.15) is 0 Å². The van der Waals surface area contributed by atoms with Crippen LogP contribution in [0.4, 0.5) is 14.9 Å². The number of hydrogen-bond donors (Lipinski definition) is 1. The van der Waals surface area contributed by atoms with E-state index in [0.717, 1.165) is 6.07 Å². The number of benzene rings is 2. The quantitative estimate of drug-likeness (QED) is 0.280. The molecule has 0 bridgehead atoms. The van der Waals surface area contributed by atoms with Crippen molar-refractivity contribution in [2.24, 2.45) is 0 Å². The smallest absolute Gasteiger partial charge is 0.343 e. The van der Waals surface area contributed by atoms with Gasteiger partial charge in [0.2, 0.25) is 0 Å². The van der Waals surface area contributed by atoms with Crippen LogP contribution in [0.5, 0.6) is 5.75 Å². The minimum absolute atomic E-state index is 0.00274. The molecule has 1 fully saturated rings.